The molecule has 1 aromatic carbocycles. The summed E-state index contributed by atoms with van der Waals surface area (Å²) in [5, 5.41) is 10.0. The second-order valence-electron chi connectivity index (χ2n) is 7.57. The molecule has 3 N–H and O–H groups in total. The van der Waals surface area contributed by atoms with Crippen molar-refractivity contribution in [1.29, 1.82) is 0 Å². The summed E-state index contributed by atoms with van der Waals surface area (Å²) in [5.74, 6) is -1.04. The van der Waals surface area contributed by atoms with E-state index in [0.29, 0.717) is 11.1 Å². The van der Waals surface area contributed by atoms with Crippen molar-refractivity contribution >= 4 is 22.6 Å². The minimum Gasteiger partial charge on any atom is -0.480 e. The first kappa shape index (κ1) is 19.1. The monoisotopic (exact) mass is 392 g/mol. The summed E-state index contributed by atoms with van der Waals surface area (Å²) in [5.41, 5.74) is 10.4. The Kier molecular flexibility index (Phi) is 4.84. The highest BCUT2D eigenvalue weighted by molar-refractivity contribution is 5.98. The van der Waals surface area contributed by atoms with Gasteiger partial charge in [-0.1, -0.05) is 18.2 Å². The van der Waals surface area contributed by atoms with E-state index in [-0.39, 0.29) is 12.0 Å². The molecule has 3 heterocycles. The summed E-state index contributed by atoms with van der Waals surface area (Å²) < 4.78 is 1.65. The van der Waals surface area contributed by atoms with Crippen LogP contribution in [0.25, 0.3) is 22.0 Å². The van der Waals surface area contributed by atoms with Gasteiger partial charge in [-0.3, -0.25) is 14.6 Å². The van der Waals surface area contributed by atoms with Crippen LogP contribution in [0, 0.1) is 6.92 Å². The Morgan fingerprint density at radius 1 is 1.31 bits per heavy atom. The fraction of sp³-hybridized carbons (Fsp3) is 0.318. The Labute approximate surface area is 168 Å². The molecule has 2 aromatic heterocycles. The number of fused-ring (bicyclic) bond motifs is 1. The van der Waals surface area contributed by atoms with Crippen LogP contribution in [0.1, 0.15) is 17.7 Å². The average molecular weight is 392 g/mol. The van der Waals surface area contributed by atoms with Gasteiger partial charge < -0.3 is 20.3 Å². The van der Waals surface area contributed by atoms with Crippen LogP contribution in [-0.4, -0.2) is 39.8 Å². The van der Waals surface area contributed by atoms with E-state index in [2.05, 4.69) is 16.0 Å². The summed E-state index contributed by atoms with van der Waals surface area (Å²) in [6, 6.07) is 8.51. The van der Waals surface area contributed by atoms with Gasteiger partial charge in [0.2, 0.25) is 0 Å². The Bertz CT molecular complexity index is 1160. The number of aryl methyl sites for hydroxylation is 1. The van der Waals surface area contributed by atoms with Gasteiger partial charge in [0.15, 0.2) is 0 Å². The number of hydrogen-bond donors (Lipinski definition) is 2. The zero-order valence-corrected chi connectivity index (χ0v) is 16.6. The lowest BCUT2D eigenvalue weighted by molar-refractivity contribution is -0.138. The third kappa shape index (κ3) is 3.27. The maximum absolute atomic E-state index is 13.3. The van der Waals surface area contributed by atoms with Gasteiger partial charge in [0, 0.05) is 43.0 Å². The highest BCUT2D eigenvalue weighted by atomic mass is 16.4. The molecule has 1 saturated heterocycles. The molecule has 7 heteroatoms. The predicted octanol–water partition coefficient (Wildman–Crippen LogP) is 2.07. The predicted molar refractivity (Wildman–Crippen MR) is 113 cm³/mol. The number of aromatic nitrogens is 2. The molecule has 1 fully saturated rings. The summed E-state index contributed by atoms with van der Waals surface area (Å²) in [6.07, 6.45) is 3.00. The van der Waals surface area contributed by atoms with Crippen LogP contribution in [-0.2, 0) is 18.3 Å². The first-order valence-electron chi connectivity index (χ1n) is 9.69. The Balaban J connectivity index is 1.96. The Hall–Kier alpha value is -3.19. The SMILES string of the molecule is Cc1cc(N2CCC2)c(-c2ccc(CC(N)C(=O)O)c3cccnc23)c(=O)n1C. The molecule has 1 atom stereocenters. The molecule has 0 amide bonds. The largest absolute Gasteiger partial charge is 0.480 e. The lowest BCUT2D eigenvalue weighted by atomic mass is 9.94. The molecule has 0 aliphatic carbocycles. The van der Waals surface area contributed by atoms with Gasteiger partial charge in [0.25, 0.3) is 5.56 Å². The van der Waals surface area contributed by atoms with E-state index in [9.17, 15) is 14.7 Å². The number of nitrogens with two attached hydrogens (primary N) is 1. The minimum atomic E-state index is -1.04. The first-order valence-corrected chi connectivity index (χ1v) is 9.69. The highest BCUT2D eigenvalue weighted by Gasteiger charge is 2.24. The van der Waals surface area contributed by atoms with Crippen molar-refractivity contribution in [2.45, 2.75) is 25.8 Å². The molecule has 7 nitrogen and oxygen atoms in total. The number of rotatable bonds is 5. The number of hydrogen-bond acceptors (Lipinski definition) is 5. The smallest absolute Gasteiger partial charge is 0.320 e. The Morgan fingerprint density at radius 2 is 2.07 bits per heavy atom. The molecule has 150 valence electrons. The van der Waals surface area contributed by atoms with E-state index in [0.717, 1.165) is 47.4 Å². The number of carbonyl (C=O) groups is 1. The fourth-order valence-corrected chi connectivity index (χ4v) is 3.80. The zero-order chi connectivity index (χ0) is 20.7. The second-order valence-corrected chi connectivity index (χ2v) is 7.57. The van der Waals surface area contributed by atoms with E-state index in [4.69, 9.17) is 5.73 Å². The zero-order valence-electron chi connectivity index (χ0n) is 16.6. The van der Waals surface area contributed by atoms with Crippen LogP contribution in [0.4, 0.5) is 5.69 Å². The average Bonchev–Trinajstić information content (AvgIpc) is 2.66. The van der Waals surface area contributed by atoms with Crippen LogP contribution >= 0.6 is 0 Å². The van der Waals surface area contributed by atoms with Gasteiger partial charge in [-0.15, -0.1) is 0 Å². The lowest BCUT2D eigenvalue weighted by Crippen LogP contribution is -2.39. The van der Waals surface area contributed by atoms with E-state index in [1.165, 1.54) is 0 Å². The molecule has 0 bridgehead atoms. The molecule has 1 unspecified atom stereocenters. The topological polar surface area (TPSA) is 101 Å². The third-order valence-corrected chi connectivity index (χ3v) is 5.73. The third-order valence-electron chi connectivity index (χ3n) is 5.73. The molecule has 0 saturated carbocycles. The normalized spacial score (nSPS) is 14.7. The molecule has 3 aromatic rings. The van der Waals surface area contributed by atoms with E-state index in [1.54, 1.807) is 17.8 Å². The van der Waals surface area contributed by atoms with Gasteiger partial charge in [-0.2, -0.15) is 0 Å². The number of aliphatic carboxylic acids is 1. The van der Waals surface area contributed by atoms with Crippen LogP contribution < -0.4 is 16.2 Å². The maximum Gasteiger partial charge on any atom is 0.320 e. The number of nitrogens with zero attached hydrogens (tertiary/aromatic N) is 3. The second kappa shape index (κ2) is 7.33. The number of pyridine rings is 2. The standard InChI is InChI=1S/C22H24N4O3/c1-13-11-18(26-9-4-10-26)19(21(27)25(13)2)16-7-6-14(12-17(23)22(28)29)15-5-3-8-24-20(15)16/h3,5-8,11,17H,4,9-10,12,23H2,1-2H3,(H,28,29). The van der Waals surface area contributed by atoms with Gasteiger partial charge >= 0.3 is 5.97 Å². The van der Waals surface area contributed by atoms with Crippen molar-refractivity contribution in [3.8, 4) is 11.1 Å². The van der Waals surface area contributed by atoms with Crippen molar-refractivity contribution in [2.75, 3.05) is 18.0 Å². The van der Waals surface area contributed by atoms with Crippen LogP contribution in [0.15, 0.2) is 41.3 Å². The van der Waals surface area contributed by atoms with Crippen molar-refractivity contribution in [3.05, 3.63) is 58.1 Å². The van der Waals surface area contributed by atoms with Crippen LogP contribution in [0.3, 0.4) is 0 Å². The van der Waals surface area contributed by atoms with Crippen molar-refractivity contribution < 1.29 is 9.90 Å². The van der Waals surface area contributed by atoms with Gasteiger partial charge in [-0.25, -0.2) is 0 Å². The van der Waals surface area contributed by atoms with E-state index in [1.807, 2.05) is 31.2 Å². The first-order chi connectivity index (χ1) is 13.9. The van der Waals surface area contributed by atoms with Gasteiger partial charge in [0.05, 0.1) is 16.8 Å². The summed E-state index contributed by atoms with van der Waals surface area (Å²) in [6.45, 7) is 3.79. The number of anilines is 1. The summed E-state index contributed by atoms with van der Waals surface area (Å²) >= 11 is 0. The molecule has 1 aliphatic heterocycles. The maximum atomic E-state index is 13.3. The summed E-state index contributed by atoms with van der Waals surface area (Å²) in [7, 11) is 1.77. The van der Waals surface area contributed by atoms with Gasteiger partial charge in [-0.05, 0) is 37.5 Å². The van der Waals surface area contributed by atoms with Crippen molar-refractivity contribution in [3.63, 3.8) is 0 Å². The van der Waals surface area contributed by atoms with E-state index < -0.39 is 12.0 Å². The molecular weight excluding hydrogens is 368 g/mol. The molecule has 29 heavy (non-hydrogen) atoms. The molecule has 1 aliphatic rings. The summed E-state index contributed by atoms with van der Waals surface area (Å²) in [4.78, 5) is 31.2. The van der Waals surface area contributed by atoms with Crippen LogP contribution in [0.5, 0.6) is 0 Å². The fourth-order valence-electron chi connectivity index (χ4n) is 3.80. The minimum absolute atomic E-state index is 0.0613. The van der Waals surface area contributed by atoms with Crippen LogP contribution in [0.2, 0.25) is 0 Å². The van der Waals surface area contributed by atoms with Crippen molar-refractivity contribution in [1.82, 2.24) is 9.55 Å². The Morgan fingerprint density at radius 3 is 2.72 bits per heavy atom. The molecule has 0 spiro atoms. The number of carboxylic acid groups (broad SMARTS) is 1. The quantitative estimate of drug-likeness (QED) is 0.689. The highest BCUT2D eigenvalue weighted by Crippen LogP contribution is 2.36. The van der Waals surface area contributed by atoms with E-state index >= 15 is 0 Å². The van der Waals surface area contributed by atoms with Crippen molar-refractivity contribution in [2.24, 2.45) is 12.8 Å². The van der Waals surface area contributed by atoms with Gasteiger partial charge in [0.1, 0.15) is 6.04 Å². The molecule has 0 radical (unpaired) electrons. The lowest BCUT2D eigenvalue weighted by Gasteiger charge is -2.35. The molecule has 4 rings (SSSR count). The number of benzene rings is 1. The number of carboxylic acids is 1. The molecular formula is C22H24N4O3.